The van der Waals surface area contributed by atoms with Gasteiger partial charge in [0.15, 0.2) is 34.1 Å². The molecular weight excluding hydrogens is 833 g/mol. The molecule has 0 saturated heterocycles. The van der Waals surface area contributed by atoms with Crippen LogP contribution in [0.3, 0.4) is 0 Å². The molecule has 2 aromatic carbocycles. The van der Waals surface area contributed by atoms with Crippen molar-refractivity contribution < 1.29 is 56.8 Å². The number of halogens is 4. The molecule has 0 aromatic heterocycles. The van der Waals surface area contributed by atoms with Crippen molar-refractivity contribution >= 4 is 23.9 Å². The molecule has 2 aromatic rings. The van der Waals surface area contributed by atoms with E-state index in [4.69, 9.17) is 14.9 Å². The van der Waals surface area contributed by atoms with Crippen LogP contribution in [0, 0.1) is 34.1 Å². The molecule has 0 atom stereocenters. The lowest BCUT2D eigenvalue weighted by atomic mass is 9.65. The van der Waals surface area contributed by atoms with E-state index in [-0.39, 0.29) is 62.8 Å². The Labute approximate surface area is 377 Å². The van der Waals surface area contributed by atoms with Crippen molar-refractivity contribution in [3.8, 4) is 0 Å². The highest BCUT2D eigenvalue weighted by atomic mass is 19.2. The van der Waals surface area contributed by atoms with E-state index in [1.165, 1.54) is 64.2 Å². The molecule has 0 spiro atoms. The summed E-state index contributed by atoms with van der Waals surface area (Å²) in [7, 11) is 0. The Kier molecular flexibility index (Phi) is 23.8. The topological polar surface area (TPSA) is 162 Å². The molecule has 0 heterocycles. The lowest BCUT2D eigenvalue weighted by Crippen LogP contribution is -2.57. The highest BCUT2D eigenvalue weighted by Gasteiger charge is 2.58. The second-order valence-electron chi connectivity index (χ2n) is 17.9. The van der Waals surface area contributed by atoms with Gasteiger partial charge in [-0.25, -0.2) is 17.6 Å². The van der Waals surface area contributed by atoms with Gasteiger partial charge in [-0.1, -0.05) is 128 Å². The van der Waals surface area contributed by atoms with E-state index in [0.717, 1.165) is 38.5 Å². The molecule has 64 heavy (non-hydrogen) atoms. The normalized spacial score (nSPS) is 17.8. The highest BCUT2D eigenvalue weighted by molar-refractivity contribution is 6.00. The summed E-state index contributed by atoms with van der Waals surface area (Å²) in [5.41, 5.74) is -1.82. The van der Waals surface area contributed by atoms with E-state index in [0.29, 0.717) is 42.6 Å². The van der Waals surface area contributed by atoms with Gasteiger partial charge in [0.25, 0.3) is 0 Å². The molecule has 0 amide bonds. The lowest BCUT2D eigenvalue weighted by molar-refractivity contribution is -0.178. The zero-order valence-electron chi connectivity index (χ0n) is 38.5. The van der Waals surface area contributed by atoms with Gasteiger partial charge in [0, 0.05) is 12.1 Å². The van der Waals surface area contributed by atoms with Crippen LogP contribution >= 0.6 is 0 Å². The third kappa shape index (κ3) is 15.8. The first-order valence-electron chi connectivity index (χ1n) is 23.9. The van der Waals surface area contributed by atoms with E-state index in [9.17, 15) is 41.8 Å². The Hall–Kier alpha value is -4.04. The Balaban J connectivity index is 0.000000341. The summed E-state index contributed by atoms with van der Waals surface area (Å²) in [6, 6.07) is 6.16. The van der Waals surface area contributed by atoms with Crippen LogP contribution in [-0.2, 0) is 49.6 Å². The van der Waals surface area contributed by atoms with Crippen molar-refractivity contribution in [3.63, 3.8) is 0 Å². The van der Waals surface area contributed by atoms with Crippen molar-refractivity contribution in [1.82, 2.24) is 10.6 Å². The Morgan fingerprint density at radius 3 is 1.11 bits per heavy atom. The summed E-state index contributed by atoms with van der Waals surface area (Å²) >= 11 is 0. The Morgan fingerprint density at radius 2 is 0.797 bits per heavy atom. The van der Waals surface area contributed by atoms with Crippen molar-refractivity contribution in [2.45, 2.75) is 187 Å². The van der Waals surface area contributed by atoms with Crippen LogP contribution in [0.4, 0.5) is 17.6 Å². The van der Waals surface area contributed by atoms with E-state index < -0.39 is 58.0 Å². The number of aryl methyl sites for hydroxylation is 2. The van der Waals surface area contributed by atoms with Gasteiger partial charge in [-0.2, -0.15) is 0 Å². The maximum Gasteiger partial charge on any atom is 0.323 e. The van der Waals surface area contributed by atoms with Gasteiger partial charge in [-0.15, -0.1) is 0 Å². The van der Waals surface area contributed by atoms with Gasteiger partial charge in [0.1, 0.15) is 0 Å². The molecule has 5 N–H and O–H groups in total. The maximum absolute atomic E-state index is 14.5. The van der Waals surface area contributed by atoms with Gasteiger partial charge in [0.05, 0.1) is 6.61 Å². The molecule has 0 radical (unpaired) electrons. The highest BCUT2D eigenvalue weighted by Crippen LogP contribution is 2.43. The summed E-state index contributed by atoms with van der Waals surface area (Å²) in [6.45, 7) is 6.85. The number of carboxylic acid groups (broad SMARTS) is 3. The van der Waals surface area contributed by atoms with Crippen LogP contribution in [0.1, 0.15) is 171 Å². The molecule has 2 aliphatic carbocycles. The number of hydrogen-bond donors (Lipinski definition) is 5. The summed E-state index contributed by atoms with van der Waals surface area (Å²) in [5, 5.41) is 33.8. The molecule has 2 saturated carbocycles. The van der Waals surface area contributed by atoms with E-state index in [2.05, 4.69) is 24.5 Å². The molecule has 0 unspecified atom stereocenters. The smallest absolute Gasteiger partial charge is 0.323 e. The molecule has 4 rings (SSSR count). The zero-order chi connectivity index (χ0) is 47.1. The van der Waals surface area contributed by atoms with Crippen molar-refractivity contribution in [2.24, 2.45) is 10.8 Å². The minimum Gasteiger partial charge on any atom is -0.480 e. The lowest BCUT2D eigenvalue weighted by Gasteiger charge is -2.42. The van der Waals surface area contributed by atoms with Gasteiger partial charge in [0.2, 0.25) is 0 Å². The summed E-state index contributed by atoms with van der Waals surface area (Å²) < 4.78 is 62.7. The van der Waals surface area contributed by atoms with Gasteiger partial charge in [-0.05, 0) is 106 Å². The average Bonchev–Trinajstić information content (AvgIpc) is 3.22. The first-order chi connectivity index (χ1) is 30.7. The second kappa shape index (κ2) is 28.1. The minimum absolute atomic E-state index is 0.00789. The molecule has 2 fully saturated rings. The van der Waals surface area contributed by atoms with E-state index in [1.54, 1.807) is 31.2 Å². The minimum atomic E-state index is -1.73. The number of aliphatic carboxylic acids is 3. The number of esters is 1. The predicted molar refractivity (Wildman–Crippen MR) is 239 cm³/mol. The second-order valence-corrected chi connectivity index (χ2v) is 17.9. The monoisotopic (exact) mass is 907 g/mol. The number of nitrogens with one attached hydrogen (secondary N) is 2. The molecule has 14 heteroatoms. The number of hydrogen-bond acceptors (Lipinski definition) is 7. The third-order valence-corrected chi connectivity index (χ3v) is 13.0. The predicted octanol–water partition coefficient (Wildman–Crippen LogP) is 10.7. The van der Waals surface area contributed by atoms with Crippen LogP contribution in [0.2, 0.25) is 0 Å². The van der Waals surface area contributed by atoms with Crippen LogP contribution < -0.4 is 10.6 Å². The number of carbonyl (C=O) groups is 4. The fourth-order valence-electron chi connectivity index (χ4n) is 8.74. The number of carbonyl (C=O) groups excluding carboxylic acids is 1. The average molecular weight is 907 g/mol. The number of unbranched alkanes of at least 4 members (excludes halogenated alkanes) is 14. The summed E-state index contributed by atoms with van der Waals surface area (Å²) in [4.78, 5) is 45.8. The van der Waals surface area contributed by atoms with Crippen LogP contribution in [0.5, 0.6) is 0 Å². The van der Waals surface area contributed by atoms with Gasteiger partial charge in [-0.3, -0.25) is 19.2 Å². The molecule has 0 bridgehead atoms. The van der Waals surface area contributed by atoms with Crippen molar-refractivity contribution in [1.29, 1.82) is 0 Å². The largest absolute Gasteiger partial charge is 0.480 e. The third-order valence-electron chi connectivity index (χ3n) is 13.0. The van der Waals surface area contributed by atoms with Crippen molar-refractivity contribution in [2.75, 3.05) is 19.7 Å². The Bertz CT molecular complexity index is 1760. The fraction of sp³-hybridized carbons (Fsp3) is 0.680. The quantitative estimate of drug-likeness (QED) is 0.0213. The number of carboxylic acids is 3. The number of ether oxygens (including phenoxy) is 1. The van der Waals surface area contributed by atoms with Crippen molar-refractivity contribution in [3.05, 3.63) is 69.8 Å². The van der Waals surface area contributed by atoms with Crippen LogP contribution in [0.25, 0.3) is 0 Å². The first-order valence-corrected chi connectivity index (χ1v) is 23.9. The SMILES string of the molecule is CCCCCCCCCCc1ccc(CCNC2CC(C(=O)O)(C(=O)O)C2)c(F)c1F.CCCCCCCCCCc1ccc(CCNC2CC(C(=O)O)(C(=O)OCC)C2)c(F)c1F. The van der Waals surface area contributed by atoms with Gasteiger partial charge >= 0.3 is 23.9 Å². The van der Waals surface area contributed by atoms with E-state index >= 15 is 0 Å². The first kappa shape index (κ1) is 54.3. The fourth-order valence-corrected chi connectivity index (χ4v) is 8.74. The standard InChI is InChI=1S/C26H39F2NO4.C24H35F2NO4/c1-3-5-6-7-8-9-10-11-12-19-13-14-20(23(28)22(19)27)15-16-29-21-17-26(18-21,24(30)31)25(32)33-4-2;1-2-3-4-5-6-7-8-9-10-17-11-12-18(21(26)20(17)25)13-14-27-19-15-24(16-19,22(28)29)23(30)31/h13-14,21,29H,3-12,15-18H2,1-2H3,(H,30,31);11-12,19,27H,2-10,13-16H2,1H3,(H,28,29)(H,30,31). The molecule has 360 valence electrons. The number of benzene rings is 2. The molecule has 0 aliphatic heterocycles. The summed E-state index contributed by atoms with van der Waals surface area (Å²) in [6.07, 6.45) is 20.4. The molecular formula is C50H74F4N2O8. The van der Waals surface area contributed by atoms with Crippen LogP contribution in [0.15, 0.2) is 24.3 Å². The maximum atomic E-state index is 14.5. The number of rotatable bonds is 31. The Morgan fingerprint density at radius 1 is 0.500 bits per heavy atom. The van der Waals surface area contributed by atoms with Crippen LogP contribution in [-0.4, -0.2) is 71.0 Å². The molecule has 10 nitrogen and oxygen atoms in total. The van der Waals surface area contributed by atoms with E-state index in [1.807, 2.05) is 0 Å². The zero-order valence-corrected chi connectivity index (χ0v) is 38.5. The summed E-state index contributed by atoms with van der Waals surface area (Å²) in [5.74, 6) is -7.72. The van der Waals surface area contributed by atoms with Gasteiger partial charge < -0.3 is 30.7 Å². The molecule has 2 aliphatic rings.